The topological polar surface area (TPSA) is 38.7 Å². The molecule has 0 unspecified atom stereocenters. The lowest BCUT2D eigenvalue weighted by molar-refractivity contribution is -0.271. The molecule has 84 valence electrons. The maximum Gasteiger partial charge on any atom is 0.164 e. The summed E-state index contributed by atoms with van der Waals surface area (Å²) in [4.78, 5) is 0. The first-order valence-electron chi connectivity index (χ1n) is 5.27. The SMILES string of the molecule is CCC1(C)COC(C(C)(C)CO)OC1. The van der Waals surface area contributed by atoms with Crippen molar-refractivity contribution in [3.8, 4) is 0 Å². The van der Waals surface area contributed by atoms with Gasteiger partial charge in [-0.05, 0) is 6.42 Å². The molecule has 1 heterocycles. The smallest absolute Gasteiger partial charge is 0.164 e. The fourth-order valence-corrected chi connectivity index (χ4v) is 1.37. The Morgan fingerprint density at radius 3 is 2.21 bits per heavy atom. The number of aliphatic hydroxyl groups is 1. The summed E-state index contributed by atoms with van der Waals surface area (Å²) in [6, 6.07) is 0. The minimum atomic E-state index is -0.310. The molecule has 1 fully saturated rings. The molecular formula is C11H22O3. The summed E-state index contributed by atoms with van der Waals surface area (Å²) in [7, 11) is 0. The Hall–Kier alpha value is -0.120. The van der Waals surface area contributed by atoms with E-state index in [1.54, 1.807) is 0 Å². The van der Waals surface area contributed by atoms with Gasteiger partial charge in [-0.1, -0.05) is 27.7 Å². The van der Waals surface area contributed by atoms with E-state index in [4.69, 9.17) is 9.47 Å². The van der Waals surface area contributed by atoms with Crippen LogP contribution in [0.3, 0.4) is 0 Å². The molecule has 0 bridgehead atoms. The van der Waals surface area contributed by atoms with Crippen LogP contribution in [0.15, 0.2) is 0 Å². The molecule has 0 aromatic heterocycles. The second-order valence-electron chi connectivity index (χ2n) is 5.26. The van der Waals surface area contributed by atoms with Crippen LogP contribution < -0.4 is 0 Å². The molecule has 3 nitrogen and oxygen atoms in total. The van der Waals surface area contributed by atoms with Gasteiger partial charge in [-0.3, -0.25) is 0 Å². The van der Waals surface area contributed by atoms with Crippen molar-refractivity contribution in [2.45, 2.75) is 40.4 Å². The zero-order valence-corrected chi connectivity index (χ0v) is 9.67. The minimum Gasteiger partial charge on any atom is -0.396 e. The highest BCUT2D eigenvalue weighted by molar-refractivity contribution is 4.80. The van der Waals surface area contributed by atoms with Gasteiger partial charge in [-0.2, -0.15) is 0 Å². The van der Waals surface area contributed by atoms with Crippen LogP contribution in [0.2, 0.25) is 0 Å². The van der Waals surface area contributed by atoms with Crippen LogP contribution in [0, 0.1) is 10.8 Å². The standard InChI is InChI=1S/C11H22O3/c1-5-11(4)7-13-9(14-8-11)10(2,3)6-12/h9,12H,5-8H2,1-4H3. The molecule has 3 heteroatoms. The highest BCUT2D eigenvalue weighted by Crippen LogP contribution is 2.33. The first kappa shape index (κ1) is 12.0. The van der Waals surface area contributed by atoms with E-state index in [0.29, 0.717) is 0 Å². The summed E-state index contributed by atoms with van der Waals surface area (Å²) in [5.41, 5.74) is -0.170. The fraction of sp³-hybridized carbons (Fsp3) is 1.00. The molecule has 14 heavy (non-hydrogen) atoms. The van der Waals surface area contributed by atoms with Crippen LogP contribution in [0.25, 0.3) is 0 Å². The van der Waals surface area contributed by atoms with E-state index in [-0.39, 0.29) is 23.7 Å². The van der Waals surface area contributed by atoms with Crippen molar-refractivity contribution in [3.05, 3.63) is 0 Å². The molecule has 0 atom stereocenters. The third-order valence-corrected chi connectivity index (χ3v) is 3.07. The highest BCUT2D eigenvalue weighted by Gasteiger charge is 2.38. The van der Waals surface area contributed by atoms with E-state index in [0.717, 1.165) is 19.6 Å². The van der Waals surface area contributed by atoms with E-state index < -0.39 is 0 Å². The number of hydrogen-bond acceptors (Lipinski definition) is 3. The molecule has 0 aromatic carbocycles. The van der Waals surface area contributed by atoms with Crippen LogP contribution in [-0.2, 0) is 9.47 Å². The van der Waals surface area contributed by atoms with Crippen molar-refractivity contribution in [3.63, 3.8) is 0 Å². The Morgan fingerprint density at radius 1 is 1.36 bits per heavy atom. The molecule has 1 aliphatic heterocycles. The van der Waals surface area contributed by atoms with E-state index in [1.807, 2.05) is 13.8 Å². The summed E-state index contributed by atoms with van der Waals surface area (Å²) >= 11 is 0. The zero-order valence-electron chi connectivity index (χ0n) is 9.67. The molecule has 1 rings (SSSR count). The van der Waals surface area contributed by atoms with Gasteiger partial charge in [0.25, 0.3) is 0 Å². The average molecular weight is 202 g/mol. The number of ether oxygens (including phenoxy) is 2. The molecule has 0 spiro atoms. The fourth-order valence-electron chi connectivity index (χ4n) is 1.37. The van der Waals surface area contributed by atoms with Gasteiger partial charge in [0.05, 0.1) is 19.8 Å². The van der Waals surface area contributed by atoms with Gasteiger partial charge in [-0.15, -0.1) is 0 Å². The molecule has 1 aliphatic rings. The minimum absolute atomic E-state index is 0.0838. The van der Waals surface area contributed by atoms with Crippen molar-refractivity contribution >= 4 is 0 Å². The van der Waals surface area contributed by atoms with Crippen LogP contribution in [0.4, 0.5) is 0 Å². The Balaban J connectivity index is 2.51. The Kier molecular flexibility index (Phi) is 3.56. The second-order valence-corrected chi connectivity index (χ2v) is 5.26. The van der Waals surface area contributed by atoms with E-state index >= 15 is 0 Å². The lowest BCUT2D eigenvalue weighted by Gasteiger charge is -2.42. The summed E-state index contributed by atoms with van der Waals surface area (Å²) in [6.07, 6.45) is 0.784. The first-order valence-corrected chi connectivity index (χ1v) is 5.27. The monoisotopic (exact) mass is 202 g/mol. The van der Waals surface area contributed by atoms with Crippen molar-refractivity contribution in [1.29, 1.82) is 0 Å². The zero-order chi connectivity index (χ0) is 10.8. The predicted molar refractivity (Wildman–Crippen MR) is 55.0 cm³/mol. The van der Waals surface area contributed by atoms with Crippen LogP contribution >= 0.6 is 0 Å². The highest BCUT2D eigenvalue weighted by atomic mass is 16.7. The van der Waals surface area contributed by atoms with E-state index in [9.17, 15) is 5.11 Å². The third kappa shape index (κ3) is 2.47. The van der Waals surface area contributed by atoms with Gasteiger partial charge in [0.2, 0.25) is 0 Å². The maximum absolute atomic E-state index is 9.17. The molecule has 1 N–H and O–H groups in total. The van der Waals surface area contributed by atoms with Crippen LogP contribution in [0.5, 0.6) is 0 Å². The van der Waals surface area contributed by atoms with E-state index in [2.05, 4.69) is 13.8 Å². The van der Waals surface area contributed by atoms with Crippen molar-refractivity contribution in [1.82, 2.24) is 0 Å². The molecule has 1 saturated heterocycles. The van der Waals surface area contributed by atoms with Gasteiger partial charge in [0, 0.05) is 10.8 Å². The lowest BCUT2D eigenvalue weighted by Crippen LogP contribution is -2.47. The van der Waals surface area contributed by atoms with Gasteiger partial charge < -0.3 is 14.6 Å². The third-order valence-electron chi connectivity index (χ3n) is 3.07. The quantitative estimate of drug-likeness (QED) is 0.758. The van der Waals surface area contributed by atoms with Crippen molar-refractivity contribution in [2.24, 2.45) is 10.8 Å². The van der Waals surface area contributed by atoms with Gasteiger partial charge in [-0.25, -0.2) is 0 Å². The van der Waals surface area contributed by atoms with Gasteiger partial charge in [0.1, 0.15) is 0 Å². The molecule has 0 radical (unpaired) electrons. The summed E-state index contributed by atoms with van der Waals surface area (Å²) in [6.45, 7) is 9.73. The van der Waals surface area contributed by atoms with Crippen molar-refractivity contribution < 1.29 is 14.6 Å². The average Bonchev–Trinajstić information content (AvgIpc) is 2.19. The normalized spacial score (nSPS) is 34.5. The number of rotatable bonds is 3. The van der Waals surface area contributed by atoms with Gasteiger partial charge in [0.15, 0.2) is 6.29 Å². The van der Waals surface area contributed by atoms with Crippen molar-refractivity contribution in [2.75, 3.05) is 19.8 Å². The van der Waals surface area contributed by atoms with Crippen LogP contribution in [0.1, 0.15) is 34.1 Å². The molecule has 0 amide bonds. The summed E-state index contributed by atoms with van der Waals surface area (Å²) in [5.74, 6) is 0. The second kappa shape index (κ2) is 4.17. The Labute approximate surface area is 86.4 Å². The number of hydrogen-bond donors (Lipinski definition) is 1. The maximum atomic E-state index is 9.17. The van der Waals surface area contributed by atoms with Crippen LogP contribution in [-0.4, -0.2) is 31.2 Å². The molecular weight excluding hydrogens is 180 g/mol. The first-order chi connectivity index (χ1) is 6.43. The molecule has 0 aliphatic carbocycles. The summed E-state index contributed by atoms with van der Waals surface area (Å²) in [5, 5.41) is 9.17. The Morgan fingerprint density at radius 2 is 1.86 bits per heavy atom. The molecule has 0 aromatic rings. The van der Waals surface area contributed by atoms with E-state index in [1.165, 1.54) is 0 Å². The lowest BCUT2D eigenvalue weighted by atomic mass is 9.87. The molecule has 0 saturated carbocycles. The predicted octanol–water partition coefficient (Wildman–Crippen LogP) is 1.79. The Bertz CT molecular complexity index is 181. The number of aliphatic hydroxyl groups excluding tert-OH is 1. The largest absolute Gasteiger partial charge is 0.396 e. The summed E-state index contributed by atoms with van der Waals surface area (Å²) < 4.78 is 11.3. The van der Waals surface area contributed by atoms with Gasteiger partial charge >= 0.3 is 0 Å².